The maximum atomic E-state index is 12.2. The van der Waals surface area contributed by atoms with Gasteiger partial charge in [-0.2, -0.15) is 0 Å². The van der Waals surface area contributed by atoms with Gasteiger partial charge in [-0.3, -0.25) is 20.4 Å². The number of rotatable bonds is 5. The van der Waals surface area contributed by atoms with Crippen LogP contribution in [0.5, 0.6) is 0 Å². The van der Waals surface area contributed by atoms with E-state index in [0.717, 1.165) is 0 Å². The lowest BCUT2D eigenvalue weighted by molar-refractivity contribution is 0.0842. The van der Waals surface area contributed by atoms with E-state index in [9.17, 15) is 18.0 Å². The summed E-state index contributed by atoms with van der Waals surface area (Å²) in [6.07, 6.45) is 2.02. The van der Waals surface area contributed by atoms with E-state index >= 15 is 0 Å². The minimum absolute atomic E-state index is 0.00673. The Morgan fingerprint density at radius 2 is 1.74 bits per heavy atom. The van der Waals surface area contributed by atoms with Gasteiger partial charge < -0.3 is 4.98 Å². The van der Waals surface area contributed by atoms with Crippen LogP contribution in [0, 0.1) is 0 Å². The van der Waals surface area contributed by atoms with Gasteiger partial charge >= 0.3 is 0 Å². The van der Waals surface area contributed by atoms with E-state index in [1.165, 1.54) is 12.1 Å². The van der Waals surface area contributed by atoms with Crippen molar-refractivity contribution in [3.8, 4) is 0 Å². The summed E-state index contributed by atoms with van der Waals surface area (Å²) in [5.41, 5.74) is 4.72. The van der Waals surface area contributed by atoms with Crippen LogP contribution < -0.4 is 10.9 Å². The largest absolute Gasteiger partial charge is 0.357 e. The highest BCUT2D eigenvalue weighted by Gasteiger charge is 2.21. The van der Waals surface area contributed by atoms with Gasteiger partial charge in [0, 0.05) is 6.20 Å². The molecular weight excluding hydrogens is 318 g/mol. The van der Waals surface area contributed by atoms with Crippen LogP contribution in [0.25, 0.3) is 0 Å². The highest BCUT2D eigenvalue weighted by molar-refractivity contribution is 7.91. The molecule has 2 amide bonds. The van der Waals surface area contributed by atoms with Gasteiger partial charge in [0.1, 0.15) is 5.69 Å². The molecule has 2 aromatic rings. The molecule has 1 aromatic carbocycles. The standard InChI is InChI=1S/C15H17N3O4S/c1-2-10-23(21,22)13-8-4-3-6-11(13)14(19)17-18-15(20)12-7-5-9-16-12/h3-9,16H,2,10H2,1H3,(H,17,19)(H,18,20). The number of amides is 2. The molecule has 0 fully saturated rings. The average Bonchev–Trinajstić information content (AvgIpc) is 3.06. The summed E-state index contributed by atoms with van der Waals surface area (Å²) in [6.45, 7) is 1.75. The number of carbonyl (C=O) groups excluding carboxylic acids is 2. The second kappa shape index (κ2) is 7.10. The predicted molar refractivity (Wildman–Crippen MR) is 84.5 cm³/mol. The summed E-state index contributed by atoms with van der Waals surface area (Å²) >= 11 is 0. The molecule has 1 aromatic heterocycles. The minimum Gasteiger partial charge on any atom is -0.357 e. The number of H-pyrrole nitrogens is 1. The van der Waals surface area contributed by atoms with E-state index in [1.807, 2.05) is 0 Å². The van der Waals surface area contributed by atoms with E-state index in [-0.39, 0.29) is 21.9 Å². The van der Waals surface area contributed by atoms with Crippen LogP contribution in [0.3, 0.4) is 0 Å². The van der Waals surface area contributed by atoms with Crippen LogP contribution in [0.15, 0.2) is 47.5 Å². The van der Waals surface area contributed by atoms with Crippen molar-refractivity contribution in [1.82, 2.24) is 15.8 Å². The van der Waals surface area contributed by atoms with E-state index < -0.39 is 21.7 Å². The van der Waals surface area contributed by atoms with Crippen molar-refractivity contribution in [2.45, 2.75) is 18.2 Å². The Labute approximate surface area is 134 Å². The number of sulfone groups is 1. The first-order chi connectivity index (χ1) is 11.0. The van der Waals surface area contributed by atoms with Crippen molar-refractivity contribution >= 4 is 21.7 Å². The molecule has 0 aliphatic rings. The summed E-state index contributed by atoms with van der Waals surface area (Å²) in [5.74, 6) is -1.27. The van der Waals surface area contributed by atoms with Crippen LogP contribution in [0.2, 0.25) is 0 Å². The zero-order valence-corrected chi connectivity index (χ0v) is 13.3. The van der Waals surface area contributed by atoms with Gasteiger partial charge in [-0.05, 0) is 30.7 Å². The zero-order chi connectivity index (χ0) is 16.9. The first-order valence-electron chi connectivity index (χ1n) is 7.01. The zero-order valence-electron chi connectivity index (χ0n) is 12.5. The van der Waals surface area contributed by atoms with Crippen molar-refractivity contribution in [3.05, 3.63) is 53.9 Å². The highest BCUT2D eigenvalue weighted by Crippen LogP contribution is 2.17. The molecule has 0 aliphatic carbocycles. The molecule has 7 nitrogen and oxygen atoms in total. The van der Waals surface area contributed by atoms with Crippen LogP contribution in [0.4, 0.5) is 0 Å². The van der Waals surface area contributed by atoms with Gasteiger partial charge in [0.05, 0.1) is 16.2 Å². The summed E-state index contributed by atoms with van der Waals surface area (Å²) in [4.78, 5) is 26.6. The second-order valence-corrected chi connectivity index (χ2v) is 6.88. The van der Waals surface area contributed by atoms with Gasteiger partial charge in [-0.15, -0.1) is 0 Å². The van der Waals surface area contributed by atoms with Crippen molar-refractivity contribution in [2.75, 3.05) is 5.75 Å². The molecule has 8 heteroatoms. The number of hydrogen-bond donors (Lipinski definition) is 3. The van der Waals surface area contributed by atoms with Gasteiger partial charge in [0.2, 0.25) is 0 Å². The molecule has 0 saturated carbocycles. The Morgan fingerprint density at radius 3 is 2.39 bits per heavy atom. The summed E-state index contributed by atoms with van der Waals surface area (Å²) in [5, 5.41) is 0. The Hall–Kier alpha value is -2.61. The van der Waals surface area contributed by atoms with Crippen molar-refractivity contribution in [1.29, 1.82) is 0 Å². The molecule has 1 heterocycles. The first kappa shape index (κ1) is 16.8. The highest BCUT2D eigenvalue weighted by atomic mass is 32.2. The molecule has 0 saturated heterocycles. The maximum Gasteiger partial charge on any atom is 0.286 e. The molecule has 0 spiro atoms. The van der Waals surface area contributed by atoms with E-state index in [4.69, 9.17) is 0 Å². The van der Waals surface area contributed by atoms with E-state index in [1.54, 1.807) is 37.4 Å². The molecule has 2 rings (SSSR count). The summed E-state index contributed by atoms with van der Waals surface area (Å²) < 4.78 is 24.4. The third-order valence-corrected chi connectivity index (χ3v) is 5.04. The molecule has 122 valence electrons. The number of benzene rings is 1. The van der Waals surface area contributed by atoms with Gasteiger partial charge in [-0.25, -0.2) is 8.42 Å². The third-order valence-electron chi connectivity index (χ3n) is 3.07. The number of nitrogens with one attached hydrogen (secondary N) is 3. The summed E-state index contributed by atoms with van der Waals surface area (Å²) in [7, 11) is -3.55. The molecule has 0 bridgehead atoms. The Kier molecular flexibility index (Phi) is 5.17. The Morgan fingerprint density at radius 1 is 1.04 bits per heavy atom. The molecular formula is C15H17N3O4S. The van der Waals surface area contributed by atoms with Crippen molar-refractivity contribution < 1.29 is 18.0 Å². The van der Waals surface area contributed by atoms with Gasteiger partial charge in [0.25, 0.3) is 11.8 Å². The first-order valence-corrected chi connectivity index (χ1v) is 8.67. The van der Waals surface area contributed by atoms with Gasteiger partial charge in [-0.1, -0.05) is 19.1 Å². The van der Waals surface area contributed by atoms with Gasteiger partial charge in [0.15, 0.2) is 9.84 Å². The van der Waals surface area contributed by atoms with Crippen LogP contribution in [-0.2, 0) is 9.84 Å². The lowest BCUT2D eigenvalue weighted by Crippen LogP contribution is -2.42. The molecule has 0 atom stereocenters. The maximum absolute atomic E-state index is 12.2. The number of aromatic nitrogens is 1. The second-order valence-electron chi connectivity index (χ2n) is 4.81. The van der Waals surface area contributed by atoms with Crippen LogP contribution in [-0.4, -0.2) is 31.0 Å². The lowest BCUT2D eigenvalue weighted by atomic mass is 10.2. The molecule has 0 unspecified atom stereocenters. The minimum atomic E-state index is -3.55. The summed E-state index contributed by atoms with van der Waals surface area (Å²) in [6, 6.07) is 9.08. The Bertz CT molecular complexity index is 798. The topological polar surface area (TPSA) is 108 Å². The van der Waals surface area contributed by atoms with Crippen LogP contribution in [0.1, 0.15) is 34.2 Å². The number of hydrogen-bond acceptors (Lipinski definition) is 4. The van der Waals surface area contributed by atoms with Crippen LogP contribution >= 0.6 is 0 Å². The smallest absolute Gasteiger partial charge is 0.286 e. The lowest BCUT2D eigenvalue weighted by Gasteiger charge is -2.11. The predicted octanol–water partition coefficient (Wildman–Crippen LogP) is 1.27. The number of aromatic amines is 1. The fourth-order valence-corrected chi connectivity index (χ4v) is 3.56. The quantitative estimate of drug-likeness (QED) is 0.715. The van der Waals surface area contributed by atoms with E-state index in [0.29, 0.717) is 6.42 Å². The monoisotopic (exact) mass is 335 g/mol. The molecule has 23 heavy (non-hydrogen) atoms. The molecule has 0 aliphatic heterocycles. The average molecular weight is 335 g/mol. The number of hydrazine groups is 1. The Balaban J connectivity index is 2.16. The molecule has 3 N–H and O–H groups in total. The third kappa shape index (κ3) is 3.98. The van der Waals surface area contributed by atoms with Crippen molar-refractivity contribution in [3.63, 3.8) is 0 Å². The normalized spacial score (nSPS) is 11.0. The fraction of sp³-hybridized carbons (Fsp3) is 0.200. The van der Waals surface area contributed by atoms with Crippen molar-refractivity contribution in [2.24, 2.45) is 0 Å². The van der Waals surface area contributed by atoms with E-state index in [2.05, 4.69) is 15.8 Å². The SMILES string of the molecule is CCCS(=O)(=O)c1ccccc1C(=O)NNC(=O)c1ccc[nH]1. The molecule has 0 radical (unpaired) electrons. The number of carbonyl (C=O) groups is 2. The fourth-order valence-electron chi connectivity index (χ4n) is 2.02.